The predicted molar refractivity (Wildman–Crippen MR) is 86.1 cm³/mol. The Bertz CT molecular complexity index is 712. The summed E-state index contributed by atoms with van der Waals surface area (Å²) in [6.07, 6.45) is 4.66. The molecule has 0 bridgehead atoms. The number of rotatable bonds is 5. The highest BCUT2D eigenvalue weighted by molar-refractivity contribution is 5.98. The second kappa shape index (κ2) is 6.89. The monoisotopic (exact) mass is 297 g/mol. The first-order chi connectivity index (χ1) is 10.6. The third-order valence-corrected chi connectivity index (χ3v) is 3.77. The van der Waals surface area contributed by atoms with Gasteiger partial charge in [0.1, 0.15) is 5.69 Å². The molecule has 2 aromatic rings. The molecule has 4 nitrogen and oxygen atoms in total. The van der Waals surface area contributed by atoms with Crippen molar-refractivity contribution < 1.29 is 14.3 Å². The van der Waals surface area contributed by atoms with Crippen LogP contribution >= 0.6 is 0 Å². The van der Waals surface area contributed by atoms with E-state index in [2.05, 4.69) is 0 Å². The second-order valence-corrected chi connectivity index (χ2v) is 5.01. The summed E-state index contributed by atoms with van der Waals surface area (Å²) in [6.45, 7) is 4.23. The van der Waals surface area contributed by atoms with Crippen LogP contribution in [0.5, 0.6) is 0 Å². The Morgan fingerprint density at radius 2 is 1.91 bits per heavy atom. The van der Waals surface area contributed by atoms with Gasteiger partial charge in [0, 0.05) is 12.2 Å². The summed E-state index contributed by atoms with van der Waals surface area (Å²) in [6, 6.07) is 9.90. The molecule has 0 aliphatic heterocycles. The van der Waals surface area contributed by atoms with Crippen molar-refractivity contribution in [3.63, 3.8) is 0 Å². The number of carbonyl (C=O) groups excluding carboxylic acids is 2. The van der Waals surface area contributed by atoms with Crippen molar-refractivity contribution in [1.82, 2.24) is 4.57 Å². The van der Waals surface area contributed by atoms with E-state index in [1.54, 1.807) is 0 Å². The molecule has 0 atom stereocenters. The van der Waals surface area contributed by atoms with Crippen molar-refractivity contribution in [3.8, 4) is 0 Å². The van der Waals surface area contributed by atoms with Crippen LogP contribution in [0.1, 0.15) is 37.7 Å². The van der Waals surface area contributed by atoms with Gasteiger partial charge in [-0.05, 0) is 25.0 Å². The number of hydrogen-bond donors (Lipinski definition) is 0. The van der Waals surface area contributed by atoms with Crippen molar-refractivity contribution in [1.29, 1.82) is 0 Å². The standard InChI is InChI=1S/C18H19NO3/c1-13-14(2)19(17(16(13)12-20)18(21)22-3)11-7-10-15-8-5-4-6-9-15/h4-10,12H,11H2,1-3H3. The second-order valence-electron chi connectivity index (χ2n) is 5.01. The number of methoxy groups -OCH3 is 1. The predicted octanol–water partition coefficient (Wildman–Crippen LogP) is 3.42. The van der Waals surface area contributed by atoms with E-state index in [4.69, 9.17) is 4.74 Å². The van der Waals surface area contributed by atoms with Crippen LogP contribution in [0.4, 0.5) is 0 Å². The minimum atomic E-state index is -0.494. The lowest BCUT2D eigenvalue weighted by atomic mass is 10.1. The maximum Gasteiger partial charge on any atom is 0.355 e. The summed E-state index contributed by atoms with van der Waals surface area (Å²) in [4.78, 5) is 23.3. The Balaban J connectivity index is 2.36. The summed E-state index contributed by atoms with van der Waals surface area (Å²) in [5.41, 5.74) is 3.49. The van der Waals surface area contributed by atoms with Gasteiger partial charge in [-0.15, -0.1) is 0 Å². The number of allylic oxidation sites excluding steroid dienone is 1. The minimum Gasteiger partial charge on any atom is -0.464 e. The quantitative estimate of drug-likeness (QED) is 0.627. The highest BCUT2D eigenvalue weighted by Gasteiger charge is 2.22. The lowest BCUT2D eigenvalue weighted by molar-refractivity contribution is 0.0586. The molecule has 0 radical (unpaired) electrons. The lowest BCUT2D eigenvalue weighted by Gasteiger charge is -2.08. The molecule has 0 saturated heterocycles. The molecule has 1 aromatic heterocycles. The molecule has 1 heterocycles. The average molecular weight is 297 g/mol. The normalized spacial score (nSPS) is 10.9. The maximum absolute atomic E-state index is 12.0. The number of aromatic nitrogens is 1. The molecule has 0 saturated carbocycles. The fraction of sp³-hybridized carbons (Fsp3) is 0.222. The van der Waals surface area contributed by atoms with Crippen LogP contribution in [0.25, 0.3) is 6.08 Å². The zero-order valence-corrected chi connectivity index (χ0v) is 13.0. The number of hydrogen-bond acceptors (Lipinski definition) is 3. The SMILES string of the molecule is COC(=O)c1c(C=O)c(C)c(C)n1CC=Cc1ccccc1. The number of nitrogens with zero attached hydrogens (tertiary/aromatic N) is 1. The molecule has 0 aliphatic rings. The molecule has 0 amide bonds. The molecule has 0 fully saturated rings. The first-order valence-electron chi connectivity index (χ1n) is 7.05. The first kappa shape index (κ1) is 15.8. The zero-order chi connectivity index (χ0) is 16.1. The van der Waals surface area contributed by atoms with Gasteiger partial charge in [-0.1, -0.05) is 42.5 Å². The third kappa shape index (κ3) is 3.01. The Morgan fingerprint density at radius 1 is 1.23 bits per heavy atom. The van der Waals surface area contributed by atoms with E-state index >= 15 is 0 Å². The molecular formula is C18H19NO3. The van der Waals surface area contributed by atoms with E-state index in [0.29, 0.717) is 24.1 Å². The summed E-state index contributed by atoms with van der Waals surface area (Å²) in [5.74, 6) is -0.494. The molecule has 114 valence electrons. The summed E-state index contributed by atoms with van der Waals surface area (Å²) in [7, 11) is 1.32. The summed E-state index contributed by atoms with van der Waals surface area (Å²) >= 11 is 0. The Kier molecular flexibility index (Phi) is 4.94. The molecule has 4 heteroatoms. The van der Waals surface area contributed by atoms with Gasteiger partial charge < -0.3 is 9.30 Å². The van der Waals surface area contributed by atoms with Crippen molar-refractivity contribution in [2.45, 2.75) is 20.4 Å². The molecule has 0 N–H and O–H groups in total. The molecule has 22 heavy (non-hydrogen) atoms. The van der Waals surface area contributed by atoms with Crippen LogP contribution < -0.4 is 0 Å². The topological polar surface area (TPSA) is 48.3 Å². The van der Waals surface area contributed by atoms with E-state index in [9.17, 15) is 9.59 Å². The van der Waals surface area contributed by atoms with E-state index in [-0.39, 0.29) is 0 Å². The molecule has 1 aromatic carbocycles. The van der Waals surface area contributed by atoms with Crippen molar-refractivity contribution >= 4 is 18.3 Å². The van der Waals surface area contributed by atoms with E-state index in [1.807, 2.05) is 60.9 Å². The fourth-order valence-corrected chi connectivity index (χ4v) is 2.44. The van der Waals surface area contributed by atoms with Gasteiger partial charge in [-0.25, -0.2) is 4.79 Å². The van der Waals surface area contributed by atoms with E-state index in [1.165, 1.54) is 7.11 Å². The van der Waals surface area contributed by atoms with Crippen LogP contribution in [0, 0.1) is 13.8 Å². The number of benzene rings is 1. The Morgan fingerprint density at radius 3 is 2.50 bits per heavy atom. The van der Waals surface area contributed by atoms with Crippen LogP contribution in [0.2, 0.25) is 0 Å². The molecule has 2 rings (SSSR count). The molecular weight excluding hydrogens is 278 g/mol. The lowest BCUT2D eigenvalue weighted by Crippen LogP contribution is -2.13. The third-order valence-electron chi connectivity index (χ3n) is 3.77. The fourth-order valence-electron chi connectivity index (χ4n) is 2.44. The van der Waals surface area contributed by atoms with Gasteiger partial charge in [-0.3, -0.25) is 4.79 Å². The van der Waals surface area contributed by atoms with Crippen molar-refractivity contribution in [2.24, 2.45) is 0 Å². The first-order valence-corrected chi connectivity index (χ1v) is 7.05. The van der Waals surface area contributed by atoms with Gasteiger partial charge in [0.2, 0.25) is 0 Å². The van der Waals surface area contributed by atoms with E-state index < -0.39 is 5.97 Å². The summed E-state index contributed by atoms with van der Waals surface area (Å²) < 4.78 is 6.62. The van der Waals surface area contributed by atoms with Crippen LogP contribution in [0.3, 0.4) is 0 Å². The molecule has 0 spiro atoms. The van der Waals surface area contributed by atoms with Gasteiger partial charge in [0.15, 0.2) is 6.29 Å². The van der Waals surface area contributed by atoms with Gasteiger partial charge in [-0.2, -0.15) is 0 Å². The minimum absolute atomic E-state index is 0.310. The number of carbonyl (C=O) groups is 2. The Labute approximate surface area is 130 Å². The maximum atomic E-state index is 12.0. The van der Waals surface area contributed by atoms with E-state index in [0.717, 1.165) is 16.8 Å². The van der Waals surface area contributed by atoms with Crippen LogP contribution in [-0.2, 0) is 11.3 Å². The molecule has 0 unspecified atom stereocenters. The van der Waals surface area contributed by atoms with Gasteiger partial charge in [0.05, 0.1) is 12.7 Å². The highest BCUT2D eigenvalue weighted by atomic mass is 16.5. The van der Waals surface area contributed by atoms with Crippen LogP contribution in [-0.4, -0.2) is 23.9 Å². The number of aldehydes is 1. The summed E-state index contributed by atoms with van der Waals surface area (Å²) in [5, 5.41) is 0. The smallest absolute Gasteiger partial charge is 0.355 e. The van der Waals surface area contributed by atoms with Crippen LogP contribution in [0.15, 0.2) is 36.4 Å². The number of esters is 1. The highest BCUT2D eigenvalue weighted by Crippen LogP contribution is 2.21. The zero-order valence-electron chi connectivity index (χ0n) is 13.0. The average Bonchev–Trinajstić information content (AvgIpc) is 2.79. The van der Waals surface area contributed by atoms with Gasteiger partial charge >= 0.3 is 5.97 Å². The molecule has 0 aliphatic carbocycles. The van der Waals surface area contributed by atoms with Gasteiger partial charge in [0.25, 0.3) is 0 Å². The number of ether oxygens (including phenoxy) is 1. The Hall–Kier alpha value is -2.62. The largest absolute Gasteiger partial charge is 0.464 e. The van der Waals surface area contributed by atoms with Crippen molar-refractivity contribution in [3.05, 3.63) is 64.5 Å². The van der Waals surface area contributed by atoms with Crippen molar-refractivity contribution in [2.75, 3.05) is 7.11 Å².